The van der Waals surface area contributed by atoms with E-state index in [0.717, 1.165) is 11.1 Å². The Balaban J connectivity index is 2.07. The Morgan fingerprint density at radius 2 is 2.31 bits per heavy atom. The average molecular weight is 238 g/mol. The van der Waals surface area contributed by atoms with E-state index in [1.807, 2.05) is 19.1 Å². The molecule has 0 aliphatic rings. The number of anilines is 2. The molecule has 0 spiro atoms. The van der Waals surface area contributed by atoms with E-state index in [0.29, 0.717) is 6.54 Å². The molecule has 0 aliphatic carbocycles. The summed E-state index contributed by atoms with van der Waals surface area (Å²) in [7, 11) is 0. The molecule has 4 nitrogen and oxygen atoms in total. The predicted molar refractivity (Wildman–Crippen MR) is 62.8 cm³/mol. The van der Waals surface area contributed by atoms with Crippen LogP contribution in [0.1, 0.15) is 9.75 Å². The number of aromatic nitrogens is 2. The van der Waals surface area contributed by atoms with Gasteiger partial charge in [-0.25, -0.2) is 9.37 Å². The fraction of sp³-hybridized carbons (Fsp3) is 0.200. The summed E-state index contributed by atoms with van der Waals surface area (Å²) in [5.41, 5.74) is 5.37. The minimum atomic E-state index is -0.498. The van der Waals surface area contributed by atoms with Crippen molar-refractivity contribution in [3.63, 3.8) is 0 Å². The van der Waals surface area contributed by atoms with Gasteiger partial charge in [0.1, 0.15) is 0 Å². The number of aryl methyl sites for hydroxylation is 1. The van der Waals surface area contributed by atoms with Crippen molar-refractivity contribution in [2.75, 3.05) is 11.1 Å². The van der Waals surface area contributed by atoms with Crippen molar-refractivity contribution >= 4 is 23.1 Å². The van der Waals surface area contributed by atoms with E-state index in [2.05, 4.69) is 15.3 Å². The SMILES string of the molecule is Cc1ccc(CNc2nc(N)ncc2F)s1. The van der Waals surface area contributed by atoms with Crippen LogP contribution in [0.4, 0.5) is 16.2 Å². The number of hydrogen-bond donors (Lipinski definition) is 2. The molecule has 0 amide bonds. The van der Waals surface area contributed by atoms with E-state index in [1.165, 1.54) is 4.88 Å². The molecule has 0 bridgehead atoms. The van der Waals surface area contributed by atoms with Crippen LogP contribution in [0.5, 0.6) is 0 Å². The second-order valence-corrected chi connectivity index (χ2v) is 4.66. The number of thiophene rings is 1. The molecule has 2 aromatic rings. The van der Waals surface area contributed by atoms with Crippen LogP contribution < -0.4 is 11.1 Å². The number of nitrogens with two attached hydrogens (primary N) is 1. The highest BCUT2D eigenvalue weighted by atomic mass is 32.1. The maximum atomic E-state index is 13.2. The summed E-state index contributed by atoms with van der Waals surface area (Å²) in [5, 5.41) is 2.89. The zero-order valence-corrected chi connectivity index (χ0v) is 9.51. The third-order valence-electron chi connectivity index (χ3n) is 1.99. The Kier molecular flexibility index (Phi) is 3.00. The molecule has 16 heavy (non-hydrogen) atoms. The van der Waals surface area contributed by atoms with Gasteiger partial charge in [-0.05, 0) is 19.1 Å². The molecule has 0 saturated heterocycles. The van der Waals surface area contributed by atoms with E-state index in [9.17, 15) is 4.39 Å². The number of rotatable bonds is 3. The maximum absolute atomic E-state index is 13.2. The Morgan fingerprint density at radius 3 is 3.00 bits per heavy atom. The van der Waals surface area contributed by atoms with Gasteiger partial charge in [0.05, 0.1) is 12.7 Å². The highest BCUT2D eigenvalue weighted by molar-refractivity contribution is 7.11. The van der Waals surface area contributed by atoms with Crippen LogP contribution in [0.15, 0.2) is 18.3 Å². The fourth-order valence-electron chi connectivity index (χ4n) is 1.26. The first-order chi connectivity index (χ1) is 7.65. The standard InChI is InChI=1S/C10H11FN4S/c1-6-2-3-7(16-6)4-13-9-8(11)5-14-10(12)15-9/h2-3,5H,4H2,1H3,(H3,12,13,14,15). The Bertz CT molecular complexity index is 497. The van der Waals surface area contributed by atoms with Crippen molar-refractivity contribution in [1.82, 2.24) is 9.97 Å². The zero-order valence-electron chi connectivity index (χ0n) is 8.70. The normalized spacial score (nSPS) is 10.4. The van der Waals surface area contributed by atoms with Gasteiger partial charge in [0.25, 0.3) is 0 Å². The van der Waals surface area contributed by atoms with Crippen molar-refractivity contribution in [3.05, 3.63) is 33.9 Å². The summed E-state index contributed by atoms with van der Waals surface area (Å²) in [6.45, 7) is 2.56. The molecule has 0 saturated carbocycles. The smallest absolute Gasteiger partial charge is 0.222 e. The number of hydrogen-bond acceptors (Lipinski definition) is 5. The summed E-state index contributed by atoms with van der Waals surface area (Å²) in [6, 6.07) is 4.02. The molecule has 2 rings (SSSR count). The van der Waals surface area contributed by atoms with Gasteiger partial charge >= 0.3 is 0 Å². The molecule has 2 heterocycles. The quantitative estimate of drug-likeness (QED) is 0.860. The van der Waals surface area contributed by atoms with Gasteiger partial charge in [-0.3, -0.25) is 0 Å². The van der Waals surface area contributed by atoms with Crippen molar-refractivity contribution in [3.8, 4) is 0 Å². The molecule has 84 valence electrons. The van der Waals surface area contributed by atoms with Gasteiger partial charge in [-0.2, -0.15) is 4.98 Å². The van der Waals surface area contributed by atoms with Crippen LogP contribution in [-0.4, -0.2) is 9.97 Å². The van der Waals surface area contributed by atoms with Gasteiger partial charge < -0.3 is 11.1 Å². The summed E-state index contributed by atoms with van der Waals surface area (Å²) in [4.78, 5) is 9.67. The van der Waals surface area contributed by atoms with Crippen LogP contribution in [0, 0.1) is 12.7 Å². The van der Waals surface area contributed by atoms with Crippen LogP contribution in [-0.2, 0) is 6.54 Å². The molecule has 6 heteroatoms. The van der Waals surface area contributed by atoms with Crippen LogP contribution in [0.2, 0.25) is 0 Å². The molecule has 0 fully saturated rings. The van der Waals surface area contributed by atoms with Crippen LogP contribution in [0.25, 0.3) is 0 Å². The predicted octanol–water partition coefficient (Wildman–Crippen LogP) is 2.18. The first-order valence-electron chi connectivity index (χ1n) is 4.72. The molecule has 0 radical (unpaired) electrons. The van der Waals surface area contributed by atoms with Crippen molar-refractivity contribution in [2.24, 2.45) is 0 Å². The van der Waals surface area contributed by atoms with Crippen LogP contribution in [0.3, 0.4) is 0 Å². The minimum absolute atomic E-state index is 0.0614. The number of nitrogens with zero attached hydrogens (tertiary/aromatic N) is 2. The van der Waals surface area contributed by atoms with Gasteiger partial charge in [0.2, 0.25) is 5.95 Å². The first-order valence-corrected chi connectivity index (χ1v) is 5.54. The minimum Gasteiger partial charge on any atom is -0.368 e. The molecule has 0 aliphatic heterocycles. The van der Waals surface area contributed by atoms with E-state index in [-0.39, 0.29) is 11.8 Å². The highest BCUT2D eigenvalue weighted by Crippen LogP contribution is 2.17. The molecule has 0 aromatic carbocycles. The maximum Gasteiger partial charge on any atom is 0.222 e. The highest BCUT2D eigenvalue weighted by Gasteiger charge is 2.05. The average Bonchev–Trinajstić information content (AvgIpc) is 2.66. The monoisotopic (exact) mass is 238 g/mol. The molecular weight excluding hydrogens is 227 g/mol. The van der Waals surface area contributed by atoms with Crippen molar-refractivity contribution < 1.29 is 4.39 Å². The lowest BCUT2D eigenvalue weighted by Crippen LogP contribution is -2.05. The summed E-state index contributed by atoms with van der Waals surface area (Å²) in [6.07, 6.45) is 1.06. The molecular formula is C10H11FN4S. The lowest BCUT2D eigenvalue weighted by molar-refractivity contribution is 0.617. The number of nitrogen functional groups attached to an aromatic ring is 1. The number of nitrogens with one attached hydrogen (secondary N) is 1. The largest absolute Gasteiger partial charge is 0.368 e. The van der Waals surface area contributed by atoms with Gasteiger partial charge in [-0.15, -0.1) is 11.3 Å². The third-order valence-corrected chi connectivity index (χ3v) is 2.99. The lowest BCUT2D eigenvalue weighted by Gasteiger charge is -2.04. The second-order valence-electron chi connectivity index (χ2n) is 3.29. The summed E-state index contributed by atoms with van der Waals surface area (Å²) >= 11 is 1.66. The Labute approximate surface area is 96.4 Å². The molecule has 0 unspecified atom stereocenters. The van der Waals surface area contributed by atoms with E-state index >= 15 is 0 Å². The van der Waals surface area contributed by atoms with Gasteiger partial charge in [0.15, 0.2) is 11.6 Å². The van der Waals surface area contributed by atoms with Gasteiger partial charge in [-0.1, -0.05) is 0 Å². The van der Waals surface area contributed by atoms with Crippen LogP contribution >= 0.6 is 11.3 Å². The first kappa shape index (κ1) is 10.8. The summed E-state index contributed by atoms with van der Waals surface area (Å²) < 4.78 is 13.2. The lowest BCUT2D eigenvalue weighted by atomic mass is 10.4. The van der Waals surface area contributed by atoms with E-state index < -0.39 is 5.82 Å². The van der Waals surface area contributed by atoms with Crippen molar-refractivity contribution in [2.45, 2.75) is 13.5 Å². The van der Waals surface area contributed by atoms with E-state index in [1.54, 1.807) is 11.3 Å². The number of halogens is 1. The fourth-order valence-corrected chi connectivity index (χ4v) is 2.09. The summed E-state index contributed by atoms with van der Waals surface area (Å²) in [5.74, 6) is -0.299. The Morgan fingerprint density at radius 1 is 1.50 bits per heavy atom. The van der Waals surface area contributed by atoms with Crippen molar-refractivity contribution in [1.29, 1.82) is 0 Å². The van der Waals surface area contributed by atoms with Gasteiger partial charge in [0, 0.05) is 9.75 Å². The second kappa shape index (κ2) is 4.44. The zero-order chi connectivity index (χ0) is 11.5. The van der Waals surface area contributed by atoms with E-state index in [4.69, 9.17) is 5.73 Å². The third kappa shape index (κ3) is 2.46. The molecule has 3 N–H and O–H groups in total. The molecule has 2 aromatic heterocycles. The topological polar surface area (TPSA) is 63.8 Å². The Hall–Kier alpha value is -1.69. The molecule has 0 atom stereocenters.